The van der Waals surface area contributed by atoms with Crippen LogP contribution < -0.4 is 0 Å². The van der Waals surface area contributed by atoms with Gasteiger partial charge < -0.3 is 4.90 Å². The highest BCUT2D eigenvalue weighted by Gasteiger charge is 2.27. The Morgan fingerprint density at radius 1 is 1.28 bits per heavy atom. The molecule has 128 valence electrons. The van der Waals surface area contributed by atoms with E-state index in [2.05, 4.69) is 15.2 Å². The highest BCUT2D eigenvalue weighted by atomic mass is 16.2. The summed E-state index contributed by atoms with van der Waals surface area (Å²) in [4.78, 5) is 23.5. The van der Waals surface area contributed by atoms with Gasteiger partial charge in [-0.25, -0.2) is 9.97 Å². The molecule has 4 rings (SSSR count). The van der Waals surface area contributed by atoms with Crippen LogP contribution in [0.1, 0.15) is 40.8 Å². The van der Waals surface area contributed by atoms with Crippen LogP contribution in [-0.2, 0) is 0 Å². The van der Waals surface area contributed by atoms with Crippen molar-refractivity contribution in [3.8, 4) is 5.82 Å². The second-order valence-electron chi connectivity index (χ2n) is 6.33. The highest BCUT2D eigenvalue weighted by Crippen LogP contribution is 2.27. The number of likely N-dealkylation sites (tertiary alicyclic amines) is 1. The summed E-state index contributed by atoms with van der Waals surface area (Å²) in [6.45, 7) is 3.41. The third-order valence-corrected chi connectivity index (χ3v) is 4.69. The average molecular weight is 336 g/mol. The molecule has 7 heteroatoms. The molecule has 0 spiro atoms. The van der Waals surface area contributed by atoms with Gasteiger partial charge in [0, 0.05) is 43.3 Å². The van der Waals surface area contributed by atoms with Crippen LogP contribution >= 0.6 is 0 Å². The van der Waals surface area contributed by atoms with Crippen molar-refractivity contribution in [2.45, 2.75) is 25.7 Å². The van der Waals surface area contributed by atoms with Crippen LogP contribution in [0.3, 0.4) is 0 Å². The minimum atomic E-state index is 0.00353. The van der Waals surface area contributed by atoms with Crippen molar-refractivity contribution >= 4 is 5.91 Å². The van der Waals surface area contributed by atoms with E-state index in [1.54, 1.807) is 18.5 Å². The summed E-state index contributed by atoms with van der Waals surface area (Å²) in [5, 5.41) is 6.63. The molecule has 0 aliphatic carbocycles. The molecule has 1 saturated heterocycles. The number of nitrogens with zero attached hydrogens (tertiary/aromatic N) is 5. The maximum Gasteiger partial charge on any atom is 0.271 e. The minimum absolute atomic E-state index is 0.00353. The van der Waals surface area contributed by atoms with E-state index in [-0.39, 0.29) is 11.8 Å². The van der Waals surface area contributed by atoms with E-state index in [4.69, 9.17) is 4.98 Å². The van der Waals surface area contributed by atoms with E-state index in [0.717, 1.165) is 36.7 Å². The van der Waals surface area contributed by atoms with Crippen LogP contribution in [0.25, 0.3) is 5.82 Å². The lowest BCUT2D eigenvalue weighted by molar-refractivity contribution is 0.0700. The van der Waals surface area contributed by atoms with E-state index in [1.807, 2.05) is 40.8 Å². The number of piperidine rings is 1. The standard InChI is InChI=1S/C18H20N6O/c1-13-19-9-11-24(13)17-6-2-5-15(21-17)14-4-3-10-23(12-14)18(25)16-7-8-20-22-16/h2,5-9,11,14H,3-4,10,12H2,1H3,(H,20,22)/t14-/m0/s1. The Labute approximate surface area is 145 Å². The fraction of sp³-hybridized carbons (Fsp3) is 0.333. The summed E-state index contributed by atoms with van der Waals surface area (Å²) >= 11 is 0. The number of pyridine rings is 1. The zero-order valence-corrected chi connectivity index (χ0v) is 14.1. The third-order valence-electron chi connectivity index (χ3n) is 4.69. The van der Waals surface area contributed by atoms with Crippen LogP contribution in [0.15, 0.2) is 42.9 Å². The van der Waals surface area contributed by atoms with E-state index < -0.39 is 0 Å². The van der Waals surface area contributed by atoms with Crippen molar-refractivity contribution < 1.29 is 4.79 Å². The summed E-state index contributed by atoms with van der Waals surface area (Å²) in [6.07, 6.45) is 7.30. The molecule has 1 aliphatic heterocycles. The number of aryl methyl sites for hydroxylation is 1. The van der Waals surface area contributed by atoms with Gasteiger partial charge in [-0.05, 0) is 38.0 Å². The number of amides is 1. The van der Waals surface area contributed by atoms with Crippen LogP contribution in [0.2, 0.25) is 0 Å². The molecule has 7 nitrogen and oxygen atoms in total. The number of imidazole rings is 1. The number of aromatic nitrogens is 5. The fourth-order valence-electron chi connectivity index (χ4n) is 3.37. The van der Waals surface area contributed by atoms with Gasteiger partial charge in [-0.2, -0.15) is 5.10 Å². The van der Waals surface area contributed by atoms with E-state index >= 15 is 0 Å². The molecule has 0 bridgehead atoms. The Morgan fingerprint density at radius 2 is 2.20 bits per heavy atom. The molecule has 0 saturated carbocycles. The van der Waals surface area contributed by atoms with Gasteiger partial charge in [0.25, 0.3) is 5.91 Å². The Kier molecular flexibility index (Phi) is 4.05. The van der Waals surface area contributed by atoms with Crippen molar-refractivity contribution in [1.82, 2.24) is 29.6 Å². The number of hydrogen-bond donors (Lipinski definition) is 1. The van der Waals surface area contributed by atoms with Crippen molar-refractivity contribution in [3.63, 3.8) is 0 Å². The average Bonchev–Trinajstić information content (AvgIpc) is 3.33. The van der Waals surface area contributed by atoms with Gasteiger partial charge in [-0.1, -0.05) is 6.07 Å². The maximum absolute atomic E-state index is 12.6. The Hall–Kier alpha value is -2.96. The Morgan fingerprint density at radius 3 is 2.96 bits per heavy atom. The topological polar surface area (TPSA) is 79.7 Å². The molecule has 1 atom stereocenters. The van der Waals surface area contributed by atoms with Gasteiger partial charge in [0.05, 0.1) is 0 Å². The van der Waals surface area contributed by atoms with Crippen LogP contribution in [0.4, 0.5) is 0 Å². The molecule has 0 radical (unpaired) electrons. The third kappa shape index (κ3) is 3.05. The van der Waals surface area contributed by atoms with Crippen LogP contribution in [-0.4, -0.2) is 48.6 Å². The van der Waals surface area contributed by atoms with E-state index in [9.17, 15) is 4.79 Å². The molecule has 1 fully saturated rings. The molecule has 1 N–H and O–H groups in total. The number of carbonyl (C=O) groups is 1. The van der Waals surface area contributed by atoms with Gasteiger partial charge in [0.15, 0.2) is 0 Å². The minimum Gasteiger partial charge on any atom is -0.337 e. The smallest absolute Gasteiger partial charge is 0.271 e. The first-order valence-corrected chi connectivity index (χ1v) is 8.48. The second kappa shape index (κ2) is 6.51. The SMILES string of the molecule is Cc1nccn1-c1cccc([C@H]2CCCN(C(=O)c3ccn[nH]3)C2)n1. The predicted molar refractivity (Wildman–Crippen MR) is 92.6 cm³/mol. The monoisotopic (exact) mass is 336 g/mol. The van der Waals surface area contributed by atoms with Crippen molar-refractivity contribution in [2.24, 2.45) is 0 Å². The first-order valence-electron chi connectivity index (χ1n) is 8.48. The normalized spacial score (nSPS) is 17.6. The van der Waals surface area contributed by atoms with E-state index in [0.29, 0.717) is 12.2 Å². The Balaban J connectivity index is 1.56. The van der Waals surface area contributed by atoms with Crippen LogP contribution in [0.5, 0.6) is 0 Å². The zero-order valence-electron chi connectivity index (χ0n) is 14.1. The largest absolute Gasteiger partial charge is 0.337 e. The van der Waals surface area contributed by atoms with Gasteiger partial charge in [0.1, 0.15) is 17.3 Å². The number of rotatable bonds is 3. The predicted octanol–water partition coefficient (Wildman–Crippen LogP) is 2.32. The van der Waals surface area contributed by atoms with Crippen molar-refractivity contribution in [2.75, 3.05) is 13.1 Å². The van der Waals surface area contributed by atoms with Crippen molar-refractivity contribution in [1.29, 1.82) is 0 Å². The summed E-state index contributed by atoms with van der Waals surface area (Å²) in [5.41, 5.74) is 1.56. The van der Waals surface area contributed by atoms with Crippen LogP contribution in [0, 0.1) is 6.92 Å². The first-order chi connectivity index (χ1) is 12.2. The summed E-state index contributed by atoms with van der Waals surface area (Å²) < 4.78 is 1.97. The summed E-state index contributed by atoms with van der Waals surface area (Å²) in [6, 6.07) is 7.76. The molecular weight excluding hydrogens is 316 g/mol. The van der Waals surface area contributed by atoms with Gasteiger partial charge in [-0.3, -0.25) is 14.5 Å². The number of carbonyl (C=O) groups excluding carboxylic acids is 1. The molecule has 1 amide bonds. The lowest BCUT2D eigenvalue weighted by atomic mass is 9.94. The molecule has 3 aromatic heterocycles. The molecule has 4 heterocycles. The number of hydrogen-bond acceptors (Lipinski definition) is 4. The first kappa shape index (κ1) is 15.6. The van der Waals surface area contributed by atoms with Gasteiger partial charge in [-0.15, -0.1) is 0 Å². The molecule has 3 aromatic rings. The van der Waals surface area contributed by atoms with Crippen molar-refractivity contribution in [3.05, 3.63) is 60.1 Å². The molecule has 0 unspecified atom stereocenters. The lowest BCUT2D eigenvalue weighted by Crippen LogP contribution is -2.39. The zero-order chi connectivity index (χ0) is 17.2. The fourth-order valence-corrected chi connectivity index (χ4v) is 3.37. The maximum atomic E-state index is 12.6. The number of H-pyrrole nitrogens is 1. The molecule has 25 heavy (non-hydrogen) atoms. The van der Waals surface area contributed by atoms with Gasteiger partial charge >= 0.3 is 0 Å². The molecule has 0 aromatic carbocycles. The number of aromatic amines is 1. The van der Waals surface area contributed by atoms with Gasteiger partial charge in [0.2, 0.25) is 0 Å². The summed E-state index contributed by atoms with van der Waals surface area (Å²) in [7, 11) is 0. The summed E-state index contributed by atoms with van der Waals surface area (Å²) in [5.74, 6) is 2.02. The van der Waals surface area contributed by atoms with E-state index in [1.165, 1.54) is 0 Å². The molecule has 1 aliphatic rings. The second-order valence-corrected chi connectivity index (χ2v) is 6.33. The lowest BCUT2D eigenvalue weighted by Gasteiger charge is -2.32. The Bertz CT molecular complexity index is 869. The number of nitrogens with one attached hydrogen (secondary N) is 1. The molecular formula is C18H20N6O. The highest BCUT2D eigenvalue weighted by molar-refractivity contribution is 5.92. The quantitative estimate of drug-likeness (QED) is 0.796.